The van der Waals surface area contributed by atoms with E-state index in [4.69, 9.17) is 17.3 Å². The van der Waals surface area contributed by atoms with Gasteiger partial charge in [0.25, 0.3) is 0 Å². The molecule has 0 amide bonds. The highest BCUT2D eigenvalue weighted by molar-refractivity contribution is 6.35. The highest BCUT2D eigenvalue weighted by Crippen LogP contribution is 2.28. The summed E-state index contributed by atoms with van der Waals surface area (Å²) in [5, 5.41) is 0.709. The number of nitrogen functional groups attached to an aromatic ring is 1. The van der Waals surface area contributed by atoms with Gasteiger partial charge in [-0.25, -0.2) is 4.98 Å². The smallest absolute Gasteiger partial charge is 0.201 e. The second kappa shape index (κ2) is 4.22. The highest BCUT2D eigenvalue weighted by atomic mass is 35.5. The zero-order valence-electron chi connectivity index (χ0n) is 10.5. The Balaban J connectivity index is 2.42. The Morgan fingerprint density at radius 2 is 2.06 bits per heavy atom. The molecule has 2 rings (SSSR count). The maximum Gasteiger partial charge on any atom is 0.201 e. The van der Waals surface area contributed by atoms with Crippen LogP contribution in [0.25, 0.3) is 11.0 Å². The summed E-state index contributed by atoms with van der Waals surface area (Å²) in [6, 6.07) is 5.70. The van der Waals surface area contributed by atoms with Crippen LogP contribution in [-0.4, -0.2) is 9.55 Å². The normalized spacial score (nSPS) is 12.2. The molecule has 0 atom stereocenters. The van der Waals surface area contributed by atoms with Crippen LogP contribution in [0.4, 0.5) is 5.95 Å². The minimum atomic E-state index is 0.268. The lowest BCUT2D eigenvalue weighted by Gasteiger charge is -2.19. The van der Waals surface area contributed by atoms with E-state index in [2.05, 4.69) is 25.8 Å². The average Bonchev–Trinajstić information content (AvgIpc) is 2.51. The number of hydrogen-bond acceptors (Lipinski definition) is 2. The summed E-state index contributed by atoms with van der Waals surface area (Å²) in [7, 11) is 0. The van der Waals surface area contributed by atoms with Crippen molar-refractivity contribution in [1.82, 2.24) is 9.55 Å². The van der Waals surface area contributed by atoms with Gasteiger partial charge in [0.1, 0.15) is 0 Å². The molecule has 1 aromatic heterocycles. The Morgan fingerprint density at radius 3 is 2.71 bits per heavy atom. The van der Waals surface area contributed by atoms with Crippen molar-refractivity contribution < 1.29 is 0 Å². The summed E-state index contributed by atoms with van der Waals surface area (Å²) in [4.78, 5) is 4.33. The number of para-hydroxylation sites is 1. The number of aromatic nitrogens is 2. The van der Waals surface area contributed by atoms with Crippen LogP contribution in [0.2, 0.25) is 5.02 Å². The van der Waals surface area contributed by atoms with Gasteiger partial charge >= 0.3 is 0 Å². The zero-order valence-corrected chi connectivity index (χ0v) is 11.3. The minimum Gasteiger partial charge on any atom is -0.369 e. The summed E-state index contributed by atoms with van der Waals surface area (Å²) in [6.07, 6.45) is 1.04. The molecule has 1 aromatic carbocycles. The monoisotopic (exact) mass is 251 g/mol. The van der Waals surface area contributed by atoms with E-state index >= 15 is 0 Å². The van der Waals surface area contributed by atoms with Crippen LogP contribution in [0.15, 0.2) is 18.2 Å². The average molecular weight is 252 g/mol. The molecule has 2 aromatic rings. The molecule has 3 nitrogen and oxygen atoms in total. The first kappa shape index (κ1) is 12.2. The van der Waals surface area contributed by atoms with E-state index in [-0.39, 0.29) is 5.41 Å². The van der Waals surface area contributed by atoms with Gasteiger partial charge in [-0.1, -0.05) is 38.4 Å². The van der Waals surface area contributed by atoms with E-state index < -0.39 is 0 Å². The molecule has 17 heavy (non-hydrogen) atoms. The van der Waals surface area contributed by atoms with Gasteiger partial charge in [-0.15, -0.1) is 0 Å². The predicted molar refractivity (Wildman–Crippen MR) is 73.2 cm³/mol. The van der Waals surface area contributed by atoms with E-state index in [0.717, 1.165) is 24.0 Å². The van der Waals surface area contributed by atoms with E-state index in [9.17, 15) is 0 Å². The largest absolute Gasteiger partial charge is 0.369 e. The molecule has 0 fully saturated rings. The Kier molecular flexibility index (Phi) is 3.04. The first-order valence-electron chi connectivity index (χ1n) is 5.79. The van der Waals surface area contributed by atoms with Crippen molar-refractivity contribution in [2.75, 3.05) is 5.73 Å². The zero-order chi connectivity index (χ0) is 12.6. The fourth-order valence-electron chi connectivity index (χ4n) is 1.83. The van der Waals surface area contributed by atoms with Crippen LogP contribution < -0.4 is 5.73 Å². The second-order valence-electron chi connectivity index (χ2n) is 5.54. The van der Waals surface area contributed by atoms with Gasteiger partial charge in [0.2, 0.25) is 5.95 Å². The third kappa shape index (κ3) is 2.55. The third-order valence-corrected chi connectivity index (χ3v) is 3.14. The number of fused-ring (bicyclic) bond motifs is 1. The van der Waals surface area contributed by atoms with Gasteiger partial charge < -0.3 is 10.3 Å². The fraction of sp³-hybridized carbons (Fsp3) is 0.462. The second-order valence-corrected chi connectivity index (χ2v) is 5.95. The standard InChI is InChI=1S/C13H18ClN3/c1-13(2,3)7-8-17-11-9(14)5-4-6-10(11)16-12(17)15/h4-6H,7-8H2,1-3H3,(H2,15,16). The topological polar surface area (TPSA) is 43.8 Å². The van der Waals surface area contributed by atoms with Crippen molar-refractivity contribution in [3.8, 4) is 0 Å². The fourth-order valence-corrected chi connectivity index (χ4v) is 2.10. The Bertz CT molecular complexity index is 537. The van der Waals surface area contributed by atoms with Crippen molar-refractivity contribution in [1.29, 1.82) is 0 Å². The molecule has 0 aliphatic heterocycles. The molecule has 4 heteroatoms. The van der Waals surface area contributed by atoms with Crippen LogP contribution >= 0.6 is 11.6 Å². The highest BCUT2D eigenvalue weighted by Gasteiger charge is 2.15. The van der Waals surface area contributed by atoms with Crippen LogP contribution in [0, 0.1) is 5.41 Å². The molecule has 0 radical (unpaired) electrons. The van der Waals surface area contributed by atoms with Gasteiger partial charge in [0.05, 0.1) is 16.1 Å². The third-order valence-electron chi connectivity index (χ3n) is 2.83. The van der Waals surface area contributed by atoms with Crippen molar-refractivity contribution in [2.45, 2.75) is 33.7 Å². The van der Waals surface area contributed by atoms with E-state index in [1.54, 1.807) is 0 Å². The van der Waals surface area contributed by atoms with E-state index in [1.165, 1.54) is 0 Å². The minimum absolute atomic E-state index is 0.268. The van der Waals surface area contributed by atoms with Crippen molar-refractivity contribution in [3.05, 3.63) is 23.2 Å². The van der Waals surface area contributed by atoms with Gasteiger partial charge in [0.15, 0.2) is 0 Å². The Hall–Kier alpha value is -1.22. The molecule has 0 bridgehead atoms. The van der Waals surface area contributed by atoms with Crippen molar-refractivity contribution in [2.24, 2.45) is 5.41 Å². The molecule has 0 saturated carbocycles. The van der Waals surface area contributed by atoms with Gasteiger partial charge in [-0.2, -0.15) is 0 Å². The van der Waals surface area contributed by atoms with Gasteiger partial charge in [-0.05, 0) is 24.0 Å². The molecule has 0 aliphatic rings. The molecule has 0 spiro atoms. The number of halogens is 1. The molecule has 2 N–H and O–H groups in total. The lowest BCUT2D eigenvalue weighted by atomic mass is 9.92. The summed E-state index contributed by atoms with van der Waals surface area (Å²) in [5.74, 6) is 0.539. The maximum atomic E-state index is 6.21. The molecule has 0 aliphatic carbocycles. The van der Waals surface area contributed by atoms with E-state index in [1.807, 2.05) is 22.8 Å². The number of rotatable bonds is 2. The van der Waals surface area contributed by atoms with Crippen LogP contribution in [0.3, 0.4) is 0 Å². The lowest BCUT2D eigenvalue weighted by molar-refractivity contribution is 0.354. The number of aryl methyl sites for hydroxylation is 1. The SMILES string of the molecule is CC(C)(C)CCn1c(N)nc2cccc(Cl)c21. The summed E-state index contributed by atoms with van der Waals surface area (Å²) >= 11 is 6.21. The first-order valence-corrected chi connectivity index (χ1v) is 6.16. The molecule has 1 heterocycles. The van der Waals surface area contributed by atoms with Crippen LogP contribution in [0.5, 0.6) is 0 Å². The number of nitrogens with zero attached hydrogens (tertiary/aromatic N) is 2. The number of hydrogen-bond donors (Lipinski definition) is 1. The number of imidazole rings is 1. The lowest BCUT2D eigenvalue weighted by Crippen LogP contribution is -2.12. The molecular weight excluding hydrogens is 234 g/mol. The van der Waals surface area contributed by atoms with Crippen molar-refractivity contribution >= 4 is 28.6 Å². The van der Waals surface area contributed by atoms with E-state index in [0.29, 0.717) is 11.0 Å². The number of anilines is 1. The predicted octanol–water partition coefficient (Wildman–Crippen LogP) is 3.71. The van der Waals surface area contributed by atoms with Gasteiger partial charge in [-0.3, -0.25) is 0 Å². The summed E-state index contributed by atoms with van der Waals surface area (Å²) in [5.41, 5.74) is 8.02. The van der Waals surface area contributed by atoms with Crippen LogP contribution in [0.1, 0.15) is 27.2 Å². The van der Waals surface area contributed by atoms with Crippen molar-refractivity contribution in [3.63, 3.8) is 0 Å². The Labute approximate surface area is 107 Å². The Morgan fingerprint density at radius 1 is 1.35 bits per heavy atom. The first-order chi connectivity index (χ1) is 7.88. The number of nitrogens with two attached hydrogens (primary N) is 1. The molecule has 92 valence electrons. The molecule has 0 saturated heterocycles. The maximum absolute atomic E-state index is 6.21. The number of benzene rings is 1. The summed E-state index contributed by atoms with van der Waals surface area (Å²) in [6.45, 7) is 7.48. The van der Waals surface area contributed by atoms with Gasteiger partial charge in [0, 0.05) is 6.54 Å². The summed E-state index contributed by atoms with van der Waals surface area (Å²) < 4.78 is 2.00. The molecular formula is C13H18ClN3. The quantitative estimate of drug-likeness (QED) is 0.884. The molecule has 0 unspecified atom stereocenters. The van der Waals surface area contributed by atoms with Crippen LogP contribution in [-0.2, 0) is 6.54 Å².